The summed E-state index contributed by atoms with van der Waals surface area (Å²) in [6, 6.07) is 8.63. The highest BCUT2D eigenvalue weighted by Gasteiger charge is 2.66. The number of benzene rings is 1. The van der Waals surface area contributed by atoms with Gasteiger partial charge in [-0.3, -0.25) is 4.79 Å². The third-order valence-corrected chi connectivity index (χ3v) is 14.5. The van der Waals surface area contributed by atoms with E-state index in [-0.39, 0.29) is 17.4 Å². The van der Waals surface area contributed by atoms with Crippen LogP contribution in [0, 0.1) is 51.2 Å². The van der Waals surface area contributed by atoms with Gasteiger partial charge in [-0.25, -0.2) is 0 Å². The molecule has 2 N–H and O–H groups in total. The number of nitrogens with one attached hydrogen (secondary N) is 1. The second kappa shape index (κ2) is 11.0. The van der Waals surface area contributed by atoms with E-state index in [0.717, 1.165) is 55.0 Å². The van der Waals surface area contributed by atoms with Crippen molar-refractivity contribution in [3.8, 4) is 0 Å². The van der Waals surface area contributed by atoms with Gasteiger partial charge in [-0.2, -0.15) is 0 Å². The first-order valence-corrected chi connectivity index (χ1v) is 17.6. The first-order valence-electron chi connectivity index (χ1n) is 17.6. The Morgan fingerprint density at radius 1 is 0.878 bits per heavy atom. The number of hydrogen-bond donors (Lipinski definition) is 2. The van der Waals surface area contributed by atoms with E-state index in [2.05, 4.69) is 58.1 Å². The smallest absolute Gasteiger partial charge is 0.251 e. The lowest BCUT2D eigenvalue weighted by molar-refractivity contribution is -0.214. The molecule has 1 aromatic carbocycles. The van der Waals surface area contributed by atoms with E-state index in [9.17, 15) is 9.90 Å². The molecule has 9 unspecified atom stereocenters. The molecule has 5 fully saturated rings. The highest BCUT2D eigenvalue weighted by Crippen LogP contribution is 2.73. The molecule has 0 saturated heterocycles. The fourth-order valence-electron chi connectivity index (χ4n) is 12.6. The summed E-state index contributed by atoms with van der Waals surface area (Å²) < 4.78 is 0. The minimum Gasteiger partial charge on any atom is -0.393 e. The minimum atomic E-state index is -0.138. The second-order valence-corrected chi connectivity index (χ2v) is 16.6. The quantitative estimate of drug-likeness (QED) is 0.326. The van der Waals surface area contributed by atoms with E-state index in [0.29, 0.717) is 22.2 Å². The van der Waals surface area contributed by atoms with Crippen LogP contribution in [0.3, 0.4) is 0 Å². The molecule has 1 amide bonds. The lowest BCUT2D eigenvalue weighted by atomic mass is 9.36. The van der Waals surface area contributed by atoms with Crippen LogP contribution in [0.5, 0.6) is 0 Å². The summed E-state index contributed by atoms with van der Waals surface area (Å²) in [7, 11) is 0. The second-order valence-electron chi connectivity index (χ2n) is 16.6. The average Bonchev–Trinajstić information content (AvgIpc) is 3.37. The maximum absolute atomic E-state index is 12.9. The van der Waals surface area contributed by atoms with E-state index in [1.165, 1.54) is 82.6 Å². The van der Waals surface area contributed by atoms with Gasteiger partial charge in [0.15, 0.2) is 0 Å². The van der Waals surface area contributed by atoms with E-state index < -0.39 is 0 Å². The molecule has 41 heavy (non-hydrogen) atoms. The van der Waals surface area contributed by atoms with Crippen molar-refractivity contribution in [2.24, 2.45) is 51.2 Å². The maximum atomic E-state index is 12.9. The van der Waals surface area contributed by atoms with Gasteiger partial charge < -0.3 is 10.4 Å². The predicted octanol–water partition coefficient (Wildman–Crippen LogP) is 8.98. The number of unbranched alkanes of at least 4 members (excludes halogenated alkanes) is 2. The molecular weight excluding hydrogens is 502 g/mol. The van der Waals surface area contributed by atoms with Crippen molar-refractivity contribution >= 4 is 5.91 Å². The van der Waals surface area contributed by atoms with Crippen LogP contribution in [0.1, 0.15) is 140 Å². The van der Waals surface area contributed by atoms with Crippen LogP contribution in [-0.2, 0) is 6.42 Å². The molecule has 5 aliphatic carbocycles. The van der Waals surface area contributed by atoms with Crippen LogP contribution in [-0.4, -0.2) is 23.7 Å². The van der Waals surface area contributed by atoms with E-state index in [1.807, 2.05) is 6.07 Å². The summed E-state index contributed by atoms with van der Waals surface area (Å²) >= 11 is 0. The van der Waals surface area contributed by atoms with Crippen molar-refractivity contribution in [1.82, 2.24) is 5.32 Å². The van der Waals surface area contributed by atoms with Crippen LogP contribution in [0.4, 0.5) is 0 Å². The molecule has 0 heterocycles. The SMILES string of the molecule is CCCCCNC(=O)c1cccc(CC23CCCC2C2CCC4C(C)(CCC5C(C)(C)C(O)CCC54C)C2CC3)c1. The van der Waals surface area contributed by atoms with Gasteiger partial charge in [0.1, 0.15) is 0 Å². The lowest BCUT2D eigenvalue weighted by Crippen LogP contribution is -2.63. The molecule has 0 radical (unpaired) electrons. The number of hydrogen-bond acceptors (Lipinski definition) is 2. The largest absolute Gasteiger partial charge is 0.393 e. The van der Waals surface area contributed by atoms with Gasteiger partial charge in [0, 0.05) is 12.1 Å². The van der Waals surface area contributed by atoms with Crippen molar-refractivity contribution < 1.29 is 9.90 Å². The molecule has 228 valence electrons. The fraction of sp³-hybridized carbons (Fsp3) is 0.816. The molecule has 9 atom stereocenters. The molecule has 3 heteroatoms. The van der Waals surface area contributed by atoms with Crippen molar-refractivity contribution in [2.75, 3.05) is 6.54 Å². The fourth-order valence-corrected chi connectivity index (χ4v) is 12.6. The molecule has 0 aromatic heterocycles. The summed E-state index contributed by atoms with van der Waals surface area (Å²) in [4.78, 5) is 12.9. The molecular formula is C38H59NO2. The number of aliphatic hydroxyl groups excluding tert-OH is 1. The van der Waals surface area contributed by atoms with Gasteiger partial charge in [-0.15, -0.1) is 0 Å². The highest BCUT2D eigenvalue weighted by molar-refractivity contribution is 5.94. The van der Waals surface area contributed by atoms with Crippen LogP contribution in [0.15, 0.2) is 24.3 Å². The molecule has 6 rings (SSSR count). The van der Waals surface area contributed by atoms with Crippen LogP contribution >= 0.6 is 0 Å². The van der Waals surface area contributed by atoms with Crippen molar-refractivity contribution in [1.29, 1.82) is 0 Å². The Morgan fingerprint density at radius 2 is 1.68 bits per heavy atom. The van der Waals surface area contributed by atoms with Gasteiger partial charge >= 0.3 is 0 Å². The van der Waals surface area contributed by atoms with Crippen molar-refractivity contribution in [3.63, 3.8) is 0 Å². The number of carbonyl (C=O) groups is 1. The topological polar surface area (TPSA) is 49.3 Å². The molecule has 5 aliphatic rings. The predicted molar refractivity (Wildman–Crippen MR) is 169 cm³/mol. The van der Waals surface area contributed by atoms with Gasteiger partial charge in [0.25, 0.3) is 5.91 Å². The van der Waals surface area contributed by atoms with Gasteiger partial charge in [-0.05, 0) is 146 Å². The third-order valence-electron chi connectivity index (χ3n) is 14.5. The molecule has 0 aliphatic heterocycles. The van der Waals surface area contributed by atoms with Crippen LogP contribution < -0.4 is 5.32 Å². The maximum Gasteiger partial charge on any atom is 0.251 e. The Hall–Kier alpha value is -1.35. The Bertz CT molecular complexity index is 1110. The van der Waals surface area contributed by atoms with Crippen molar-refractivity contribution in [2.45, 2.75) is 137 Å². The number of carbonyl (C=O) groups excluding carboxylic acids is 1. The Balaban J connectivity index is 1.19. The van der Waals surface area contributed by atoms with E-state index in [1.54, 1.807) is 0 Å². The summed E-state index contributed by atoms with van der Waals surface area (Å²) in [5.41, 5.74) is 3.53. The molecule has 0 spiro atoms. The standard InChI is InChI=1S/C38H59NO2/c1-6-7-8-23-39-34(41)27-12-9-11-26(24-27)25-38-19-10-13-30(38)28-14-15-32-36(4,29(28)16-22-38)20-17-31-35(2,3)33(40)18-21-37(31,32)5/h9,11-12,24,28-33,40H,6-8,10,13-23,25H2,1-5H3,(H,39,41). The van der Waals surface area contributed by atoms with Gasteiger partial charge in [0.2, 0.25) is 0 Å². The highest BCUT2D eigenvalue weighted by atomic mass is 16.3. The number of fused-ring (bicyclic) bond motifs is 7. The summed E-state index contributed by atoms with van der Waals surface area (Å²) in [6.07, 6.45) is 19.1. The first kappa shape index (κ1) is 29.7. The van der Waals surface area contributed by atoms with Crippen molar-refractivity contribution in [3.05, 3.63) is 35.4 Å². The molecule has 5 saturated carbocycles. The van der Waals surface area contributed by atoms with E-state index >= 15 is 0 Å². The van der Waals surface area contributed by atoms with Crippen LogP contribution in [0.25, 0.3) is 0 Å². The summed E-state index contributed by atoms with van der Waals surface area (Å²) in [6.45, 7) is 13.1. The first-order chi connectivity index (χ1) is 19.5. The lowest BCUT2D eigenvalue weighted by Gasteiger charge is -2.69. The number of aliphatic hydroxyl groups is 1. The number of rotatable bonds is 7. The Kier molecular flexibility index (Phi) is 7.95. The zero-order valence-corrected chi connectivity index (χ0v) is 26.9. The number of amides is 1. The zero-order chi connectivity index (χ0) is 29.0. The molecule has 1 aromatic rings. The van der Waals surface area contributed by atoms with Gasteiger partial charge in [-0.1, -0.05) is 66.0 Å². The third kappa shape index (κ3) is 4.83. The van der Waals surface area contributed by atoms with Crippen LogP contribution in [0.2, 0.25) is 0 Å². The Morgan fingerprint density at radius 3 is 2.49 bits per heavy atom. The molecule has 3 nitrogen and oxygen atoms in total. The monoisotopic (exact) mass is 561 g/mol. The molecule has 0 bridgehead atoms. The minimum absolute atomic E-state index is 0.0410. The van der Waals surface area contributed by atoms with Gasteiger partial charge in [0.05, 0.1) is 6.10 Å². The van der Waals surface area contributed by atoms with E-state index in [4.69, 9.17) is 0 Å². The summed E-state index contributed by atoms with van der Waals surface area (Å²) in [5, 5.41) is 14.1. The normalized spacial score (nSPS) is 42.9. The zero-order valence-electron chi connectivity index (χ0n) is 26.9. The average molecular weight is 562 g/mol. The summed E-state index contributed by atoms with van der Waals surface area (Å²) in [5.74, 6) is 4.15. The Labute approximate surface area is 251 Å².